The predicted octanol–water partition coefficient (Wildman–Crippen LogP) is 0.0923. The molecule has 0 radical (unpaired) electrons. The molecule has 0 heterocycles. The summed E-state index contributed by atoms with van der Waals surface area (Å²) in [6, 6.07) is 0. The summed E-state index contributed by atoms with van der Waals surface area (Å²) >= 11 is 0. The Morgan fingerprint density at radius 1 is 0.889 bits per heavy atom. The van der Waals surface area contributed by atoms with Crippen LogP contribution in [0.15, 0.2) is 0 Å². The second-order valence-electron chi connectivity index (χ2n) is 3.29. The van der Waals surface area contributed by atoms with Gasteiger partial charge in [-0.25, -0.2) is 0 Å². The molecule has 0 aliphatic carbocycles. The molecule has 0 unspecified atom stereocenters. The Bertz CT molecular complexity index is 78.1. The molecule has 0 aliphatic heterocycles. The van der Waals surface area contributed by atoms with Crippen molar-refractivity contribution < 1.29 is 9.29 Å². The first kappa shape index (κ1) is 8.84. The minimum Gasteiger partial charge on any atom is -0.629 e. The molecular formula is C5H14N2O2. The first-order valence-electron chi connectivity index (χ1n) is 2.79. The summed E-state index contributed by atoms with van der Waals surface area (Å²) in [5.74, 6) is 0. The van der Waals surface area contributed by atoms with E-state index in [9.17, 15) is 10.4 Å². The zero-order valence-corrected chi connectivity index (χ0v) is 6.42. The van der Waals surface area contributed by atoms with Gasteiger partial charge in [0.2, 0.25) is 6.67 Å². The van der Waals surface area contributed by atoms with Crippen LogP contribution in [-0.2, 0) is 0 Å². The molecule has 0 aromatic heterocycles. The van der Waals surface area contributed by atoms with Crippen molar-refractivity contribution in [2.75, 3.05) is 34.9 Å². The molecule has 0 atom stereocenters. The molecule has 0 fully saturated rings. The maximum absolute atomic E-state index is 10.8. The summed E-state index contributed by atoms with van der Waals surface area (Å²) in [5, 5.41) is 21.7. The number of nitrogens with zero attached hydrogens (tertiary/aromatic N) is 2. The van der Waals surface area contributed by atoms with Crippen LogP contribution in [0.1, 0.15) is 0 Å². The van der Waals surface area contributed by atoms with Crippen LogP contribution in [0.3, 0.4) is 0 Å². The first-order chi connectivity index (χ1) is 3.71. The van der Waals surface area contributed by atoms with E-state index in [1.54, 1.807) is 0 Å². The van der Waals surface area contributed by atoms with Crippen LogP contribution >= 0.6 is 0 Å². The Kier molecular flexibility index (Phi) is 2.19. The van der Waals surface area contributed by atoms with Gasteiger partial charge in [-0.1, -0.05) is 0 Å². The standard InChI is InChI=1S/C5H14N2O2/c1-6(2,8)5-7(3,4)9/h5H2,1-4H3. The van der Waals surface area contributed by atoms with Gasteiger partial charge < -0.3 is 19.7 Å². The van der Waals surface area contributed by atoms with Gasteiger partial charge in [-0.3, -0.25) is 0 Å². The van der Waals surface area contributed by atoms with Crippen molar-refractivity contribution in [3.63, 3.8) is 0 Å². The highest BCUT2D eigenvalue weighted by Gasteiger charge is 2.10. The van der Waals surface area contributed by atoms with Crippen LogP contribution in [0.5, 0.6) is 0 Å². The van der Waals surface area contributed by atoms with Gasteiger partial charge in [0.05, 0.1) is 28.2 Å². The minimum atomic E-state index is -0.531. The van der Waals surface area contributed by atoms with Gasteiger partial charge in [-0.2, -0.15) is 0 Å². The Morgan fingerprint density at radius 2 is 1.11 bits per heavy atom. The van der Waals surface area contributed by atoms with Crippen molar-refractivity contribution in [1.82, 2.24) is 0 Å². The topological polar surface area (TPSA) is 46.1 Å². The van der Waals surface area contributed by atoms with Gasteiger partial charge in [0, 0.05) is 0 Å². The molecule has 0 spiro atoms. The zero-order valence-electron chi connectivity index (χ0n) is 6.42. The van der Waals surface area contributed by atoms with E-state index >= 15 is 0 Å². The third-order valence-electron chi connectivity index (χ3n) is 0.681. The molecule has 4 nitrogen and oxygen atoms in total. The SMILES string of the molecule is C[N+](C)([O-])C[N+](C)(C)[O-]. The number of rotatable bonds is 2. The lowest BCUT2D eigenvalue weighted by atomic mass is 10.7. The molecular weight excluding hydrogens is 120 g/mol. The van der Waals surface area contributed by atoms with Gasteiger partial charge in [0.1, 0.15) is 0 Å². The van der Waals surface area contributed by atoms with Crippen LogP contribution in [-0.4, -0.2) is 44.2 Å². The first-order valence-corrected chi connectivity index (χ1v) is 2.79. The third-order valence-corrected chi connectivity index (χ3v) is 0.681. The fraction of sp³-hybridized carbons (Fsp3) is 1.00. The largest absolute Gasteiger partial charge is 0.629 e. The molecule has 0 aromatic carbocycles. The normalized spacial score (nSPS) is 14.0. The van der Waals surface area contributed by atoms with E-state index in [1.165, 1.54) is 28.2 Å². The summed E-state index contributed by atoms with van der Waals surface area (Å²) in [5.41, 5.74) is 0. The van der Waals surface area contributed by atoms with Gasteiger partial charge in [0.15, 0.2) is 0 Å². The van der Waals surface area contributed by atoms with E-state index < -0.39 is 9.29 Å². The zero-order chi connectivity index (χ0) is 7.71. The molecule has 0 rings (SSSR count). The highest BCUT2D eigenvalue weighted by molar-refractivity contribution is 4.21. The summed E-state index contributed by atoms with van der Waals surface area (Å²) in [6.07, 6.45) is 0. The second kappa shape index (κ2) is 2.22. The summed E-state index contributed by atoms with van der Waals surface area (Å²) < 4.78 is -1.06. The van der Waals surface area contributed by atoms with E-state index in [4.69, 9.17) is 0 Å². The van der Waals surface area contributed by atoms with Crippen LogP contribution in [0.4, 0.5) is 0 Å². The maximum atomic E-state index is 10.8. The number of hydrogen-bond acceptors (Lipinski definition) is 2. The van der Waals surface area contributed by atoms with E-state index in [1.807, 2.05) is 0 Å². The molecule has 0 saturated carbocycles. The number of quaternary nitrogens is 2. The molecule has 0 amide bonds. The lowest BCUT2D eigenvalue weighted by molar-refractivity contribution is -1.02. The summed E-state index contributed by atoms with van der Waals surface area (Å²) in [4.78, 5) is 0. The predicted molar refractivity (Wildman–Crippen MR) is 35.8 cm³/mol. The van der Waals surface area contributed by atoms with Gasteiger partial charge in [0.25, 0.3) is 0 Å². The number of hydrogen-bond donors (Lipinski definition) is 0. The van der Waals surface area contributed by atoms with Crippen LogP contribution < -0.4 is 0 Å². The Morgan fingerprint density at radius 3 is 1.11 bits per heavy atom. The second-order valence-corrected chi connectivity index (χ2v) is 3.29. The van der Waals surface area contributed by atoms with Crippen molar-refractivity contribution in [2.45, 2.75) is 0 Å². The van der Waals surface area contributed by atoms with Crippen molar-refractivity contribution in [3.05, 3.63) is 10.4 Å². The van der Waals surface area contributed by atoms with Crippen molar-refractivity contribution in [3.8, 4) is 0 Å². The van der Waals surface area contributed by atoms with Gasteiger partial charge in [-0.15, -0.1) is 0 Å². The lowest BCUT2D eigenvalue weighted by Crippen LogP contribution is -2.49. The minimum absolute atomic E-state index is 0.0556. The molecule has 0 aromatic rings. The van der Waals surface area contributed by atoms with Crippen LogP contribution in [0, 0.1) is 10.4 Å². The van der Waals surface area contributed by atoms with Crippen LogP contribution in [0.25, 0.3) is 0 Å². The number of hydroxylamine groups is 6. The summed E-state index contributed by atoms with van der Waals surface area (Å²) in [7, 11) is 5.82. The van der Waals surface area contributed by atoms with Crippen LogP contribution in [0.2, 0.25) is 0 Å². The van der Waals surface area contributed by atoms with Crippen molar-refractivity contribution in [2.24, 2.45) is 0 Å². The van der Waals surface area contributed by atoms with E-state index in [2.05, 4.69) is 0 Å². The molecule has 0 N–H and O–H groups in total. The Hall–Kier alpha value is -0.160. The molecule has 4 heteroatoms. The smallest absolute Gasteiger partial charge is 0.206 e. The summed E-state index contributed by atoms with van der Waals surface area (Å²) in [6.45, 7) is 0.0556. The lowest BCUT2D eigenvalue weighted by Gasteiger charge is -2.43. The van der Waals surface area contributed by atoms with Crippen molar-refractivity contribution >= 4 is 0 Å². The van der Waals surface area contributed by atoms with Gasteiger partial charge >= 0.3 is 0 Å². The molecule has 0 saturated heterocycles. The van der Waals surface area contributed by atoms with Crippen molar-refractivity contribution in [1.29, 1.82) is 0 Å². The fourth-order valence-corrected chi connectivity index (χ4v) is 0.820. The average molecular weight is 134 g/mol. The highest BCUT2D eigenvalue weighted by atomic mass is 16.6. The monoisotopic (exact) mass is 134 g/mol. The Labute approximate surface area is 55.6 Å². The fourth-order valence-electron chi connectivity index (χ4n) is 0.820. The average Bonchev–Trinajstić information content (AvgIpc) is 1.14. The maximum Gasteiger partial charge on any atom is 0.206 e. The quantitative estimate of drug-likeness (QED) is 0.305. The Balaban J connectivity index is 3.75. The van der Waals surface area contributed by atoms with Gasteiger partial charge in [-0.05, 0) is 0 Å². The van der Waals surface area contributed by atoms with E-state index in [0.717, 1.165) is 0 Å². The third kappa shape index (κ3) is 7.84. The highest BCUT2D eigenvalue weighted by Crippen LogP contribution is 2.00. The molecule has 56 valence electrons. The van der Waals surface area contributed by atoms with E-state index in [0.29, 0.717) is 0 Å². The molecule has 0 aliphatic rings. The molecule has 0 bridgehead atoms. The van der Waals surface area contributed by atoms with E-state index in [-0.39, 0.29) is 6.67 Å². The molecule has 9 heavy (non-hydrogen) atoms.